The zero-order chi connectivity index (χ0) is 22.5. The number of aromatic nitrogens is 2. The van der Waals surface area contributed by atoms with Gasteiger partial charge in [-0.15, -0.1) is 0 Å². The third-order valence-corrected chi connectivity index (χ3v) is 5.61. The Kier molecular flexibility index (Phi) is 6.66. The van der Waals surface area contributed by atoms with Gasteiger partial charge in [0.15, 0.2) is 5.82 Å². The van der Waals surface area contributed by atoms with Gasteiger partial charge in [-0.3, -0.25) is 4.79 Å². The molecule has 2 N–H and O–H groups in total. The van der Waals surface area contributed by atoms with Gasteiger partial charge in [0, 0.05) is 40.6 Å². The molecule has 0 aliphatic heterocycles. The lowest BCUT2D eigenvalue weighted by atomic mass is 10.1. The number of benzene rings is 3. The fraction of sp³-hybridized carbons (Fsp3) is 0.192. The number of hydrogen-bond donors (Lipinski definition) is 2. The Bertz CT molecular complexity index is 1270. The van der Waals surface area contributed by atoms with Crippen LogP contribution >= 0.6 is 11.6 Å². The van der Waals surface area contributed by atoms with E-state index in [1.807, 2.05) is 49.4 Å². The Morgan fingerprint density at radius 3 is 2.66 bits per heavy atom. The van der Waals surface area contributed by atoms with Gasteiger partial charge >= 0.3 is 0 Å². The van der Waals surface area contributed by atoms with E-state index in [4.69, 9.17) is 11.6 Å². The molecule has 0 aliphatic rings. The van der Waals surface area contributed by atoms with Crippen LogP contribution in [0.2, 0.25) is 5.02 Å². The lowest BCUT2D eigenvalue weighted by molar-refractivity contribution is 0.102. The molecule has 1 heterocycles. The molecule has 5 nitrogen and oxygen atoms in total. The van der Waals surface area contributed by atoms with Crippen molar-refractivity contribution in [2.45, 2.75) is 26.7 Å². The molecule has 0 radical (unpaired) electrons. The molecular formula is C26H25ClN4O. The second-order valence-electron chi connectivity index (χ2n) is 7.71. The topological polar surface area (TPSA) is 66.9 Å². The number of unbranched alkanes of at least 4 members (excludes halogenated alkanes) is 1. The Hall–Kier alpha value is -3.44. The molecule has 162 valence electrons. The molecule has 1 amide bonds. The quantitative estimate of drug-likeness (QED) is 0.310. The van der Waals surface area contributed by atoms with Gasteiger partial charge in [0.1, 0.15) is 0 Å². The van der Waals surface area contributed by atoms with E-state index >= 15 is 0 Å². The van der Waals surface area contributed by atoms with Gasteiger partial charge in [0.2, 0.25) is 0 Å². The molecule has 0 bridgehead atoms. The monoisotopic (exact) mass is 444 g/mol. The predicted molar refractivity (Wildman–Crippen MR) is 133 cm³/mol. The average molecular weight is 445 g/mol. The first kappa shape index (κ1) is 21.8. The summed E-state index contributed by atoms with van der Waals surface area (Å²) in [6, 6.07) is 18.9. The maximum absolute atomic E-state index is 12.9. The number of anilines is 2. The van der Waals surface area contributed by atoms with E-state index in [2.05, 4.69) is 27.5 Å². The molecule has 4 rings (SSSR count). The van der Waals surface area contributed by atoms with Crippen LogP contribution in [0.4, 0.5) is 11.4 Å². The first-order valence-corrected chi connectivity index (χ1v) is 11.1. The van der Waals surface area contributed by atoms with Crippen LogP contribution in [-0.4, -0.2) is 22.4 Å². The maximum atomic E-state index is 12.9. The molecule has 0 unspecified atom stereocenters. The van der Waals surface area contributed by atoms with Crippen molar-refractivity contribution in [2.24, 2.45) is 0 Å². The molecule has 0 saturated carbocycles. The first-order chi connectivity index (χ1) is 15.5. The van der Waals surface area contributed by atoms with Crippen LogP contribution in [0.15, 0.2) is 66.9 Å². The Balaban J connectivity index is 1.55. The summed E-state index contributed by atoms with van der Waals surface area (Å²) in [5, 5.41) is 7.84. The fourth-order valence-corrected chi connectivity index (χ4v) is 3.71. The van der Waals surface area contributed by atoms with Gasteiger partial charge in [-0.2, -0.15) is 0 Å². The van der Waals surface area contributed by atoms with Crippen LogP contribution in [-0.2, 0) is 0 Å². The fourth-order valence-electron chi connectivity index (χ4n) is 3.51. The van der Waals surface area contributed by atoms with E-state index in [1.54, 1.807) is 24.4 Å². The SMILES string of the molecule is CCCCNc1ccc(C(=O)Nc2ccc(Cl)c(-c3ncc4ccccc4n3)c2)c(C)c1. The molecule has 0 spiro atoms. The van der Waals surface area contributed by atoms with Gasteiger partial charge < -0.3 is 10.6 Å². The van der Waals surface area contributed by atoms with Crippen LogP contribution in [0, 0.1) is 6.92 Å². The van der Waals surface area contributed by atoms with E-state index in [9.17, 15) is 4.79 Å². The lowest BCUT2D eigenvalue weighted by Crippen LogP contribution is -2.14. The molecule has 32 heavy (non-hydrogen) atoms. The minimum absolute atomic E-state index is 0.171. The minimum atomic E-state index is -0.171. The molecule has 4 aromatic rings. The summed E-state index contributed by atoms with van der Waals surface area (Å²) in [6.07, 6.45) is 4.03. The number of carbonyl (C=O) groups is 1. The molecule has 0 fully saturated rings. The standard InChI is InChI=1S/C26H25ClN4O/c1-3-4-13-28-19-9-11-21(17(2)14-19)26(32)30-20-10-12-23(27)22(15-20)25-29-16-18-7-5-6-8-24(18)31-25/h5-12,14-16,28H,3-4,13H2,1-2H3,(H,30,32). The summed E-state index contributed by atoms with van der Waals surface area (Å²) in [7, 11) is 0. The molecule has 6 heteroatoms. The van der Waals surface area contributed by atoms with E-state index in [-0.39, 0.29) is 5.91 Å². The van der Waals surface area contributed by atoms with E-state index in [0.717, 1.165) is 41.5 Å². The highest BCUT2D eigenvalue weighted by atomic mass is 35.5. The number of rotatable bonds is 7. The Morgan fingerprint density at radius 1 is 1.03 bits per heavy atom. The first-order valence-electron chi connectivity index (χ1n) is 10.7. The molecule has 3 aromatic carbocycles. The number of nitrogens with one attached hydrogen (secondary N) is 2. The summed E-state index contributed by atoms with van der Waals surface area (Å²) >= 11 is 6.43. The molecular weight excluding hydrogens is 420 g/mol. The Morgan fingerprint density at radius 2 is 1.84 bits per heavy atom. The summed E-state index contributed by atoms with van der Waals surface area (Å²) < 4.78 is 0. The van der Waals surface area contributed by atoms with E-state index in [1.165, 1.54) is 0 Å². The van der Waals surface area contributed by atoms with Gasteiger partial charge in [-0.05, 0) is 61.4 Å². The molecule has 0 aliphatic carbocycles. The maximum Gasteiger partial charge on any atom is 0.255 e. The normalized spacial score (nSPS) is 10.8. The van der Waals surface area contributed by atoms with Crippen molar-refractivity contribution in [3.8, 4) is 11.4 Å². The van der Waals surface area contributed by atoms with Crippen molar-refractivity contribution in [1.82, 2.24) is 9.97 Å². The van der Waals surface area contributed by atoms with Crippen LogP contribution in [0.1, 0.15) is 35.7 Å². The predicted octanol–water partition coefficient (Wildman–Crippen LogP) is 6.72. The average Bonchev–Trinajstić information content (AvgIpc) is 2.80. The number of halogens is 1. The highest BCUT2D eigenvalue weighted by molar-refractivity contribution is 6.33. The van der Waals surface area contributed by atoms with Gasteiger partial charge in [-0.25, -0.2) is 9.97 Å². The molecule has 0 atom stereocenters. The van der Waals surface area contributed by atoms with Crippen molar-refractivity contribution < 1.29 is 4.79 Å². The summed E-state index contributed by atoms with van der Waals surface area (Å²) in [6.45, 7) is 5.02. The molecule has 0 saturated heterocycles. The van der Waals surface area contributed by atoms with Crippen molar-refractivity contribution in [1.29, 1.82) is 0 Å². The zero-order valence-electron chi connectivity index (χ0n) is 18.2. The number of fused-ring (bicyclic) bond motifs is 1. The van der Waals surface area contributed by atoms with Crippen molar-refractivity contribution >= 4 is 39.8 Å². The number of nitrogens with zero attached hydrogens (tertiary/aromatic N) is 2. The second kappa shape index (κ2) is 9.79. The lowest BCUT2D eigenvalue weighted by Gasteiger charge is -2.12. The number of hydrogen-bond acceptors (Lipinski definition) is 4. The molecule has 1 aromatic heterocycles. The third-order valence-electron chi connectivity index (χ3n) is 5.28. The highest BCUT2D eigenvalue weighted by Crippen LogP contribution is 2.29. The third kappa shape index (κ3) is 4.89. The Labute approximate surface area is 192 Å². The largest absolute Gasteiger partial charge is 0.385 e. The summed E-state index contributed by atoms with van der Waals surface area (Å²) in [4.78, 5) is 22.0. The van der Waals surface area contributed by atoms with Gasteiger partial charge in [0.05, 0.1) is 10.5 Å². The minimum Gasteiger partial charge on any atom is -0.385 e. The van der Waals surface area contributed by atoms with Gasteiger partial charge in [0.25, 0.3) is 5.91 Å². The number of para-hydroxylation sites is 1. The van der Waals surface area contributed by atoms with Crippen LogP contribution in [0.3, 0.4) is 0 Å². The zero-order valence-corrected chi connectivity index (χ0v) is 18.9. The number of amides is 1. The van der Waals surface area contributed by atoms with Gasteiger partial charge in [-0.1, -0.05) is 43.1 Å². The summed E-state index contributed by atoms with van der Waals surface area (Å²) in [5.41, 5.74) is 4.71. The highest BCUT2D eigenvalue weighted by Gasteiger charge is 2.13. The van der Waals surface area contributed by atoms with Crippen molar-refractivity contribution in [3.05, 3.63) is 83.0 Å². The van der Waals surface area contributed by atoms with E-state index in [0.29, 0.717) is 27.7 Å². The smallest absolute Gasteiger partial charge is 0.255 e. The van der Waals surface area contributed by atoms with Crippen LogP contribution in [0.25, 0.3) is 22.3 Å². The van der Waals surface area contributed by atoms with Crippen molar-refractivity contribution in [3.63, 3.8) is 0 Å². The number of aryl methyl sites for hydroxylation is 1. The summed E-state index contributed by atoms with van der Waals surface area (Å²) in [5.74, 6) is 0.346. The van der Waals surface area contributed by atoms with E-state index < -0.39 is 0 Å². The van der Waals surface area contributed by atoms with Crippen molar-refractivity contribution in [2.75, 3.05) is 17.2 Å². The van der Waals surface area contributed by atoms with Crippen LogP contribution < -0.4 is 10.6 Å². The number of carbonyl (C=O) groups excluding carboxylic acids is 1. The second-order valence-corrected chi connectivity index (χ2v) is 8.12. The van der Waals surface area contributed by atoms with Crippen LogP contribution in [0.5, 0.6) is 0 Å².